The van der Waals surface area contributed by atoms with E-state index in [2.05, 4.69) is 0 Å². The van der Waals surface area contributed by atoms with Crippen LogP contribution >= 0.6 is 22.9 Å². The van der Waals surface area contributed by atoms with E-state index < -0.39 is 5.60 Å². The quantitative estimate of drug-likeness (QED) is 0.880. The van der Waals surface area contributed by atoms with Crippen molar-refractivity contribution < 1.29 is 5.11 Å². The molecule has 0 amide bonds. The van der Waals surface area contributed by atoms with Crippen LogP contribution in [0.3, 0.4) is 0 Å². The lowest BCUT2D eigenvalue weighted by Crippen LogP contribution is -2.22. The van der Waals surface area contributed by atoms with Crippen molar-refractivity contribution in [2.75, 3.05) is 0 Å². The molecule has 0 aliphatic carbocycles. The number of halogens is 1. The van der Waals surface area contributed by atoms with Crippen LogP contribution in [0.5, 0.6) is 0 Å². The standard InChI is InChI=1S/C13H13ClOS/c1-13(15,12-7-4-8-16-12)9-10-5-2-3-6-11(10)14/h2-8,15H,9H2,1H3. The molecule has 0 spiro atoms. The maximum atomic E-state index is 10.4. The van der Waals surface area contributed by atoms with Gasteiger partial charge >= 0.3 is 0 Å². The minimum absolute atomic E-state index is 0.535. The van der Waals surface area contributed by atoms with Gasteiger partial charge in [-0.1, -0.05) is 35.9 Å². The van der Waals surface area contributed by atoms with Crippen molar-refractivity contribution in [1.29, 1.82) is 0 Å². The molecular weight excluding hydrogens is 240 g/mol. The van der Waals surface area contributed by atoms with Gasteiger partial charge < -0.3 is 5.11 Å². The van der Waals surface area contributed by atoms with Gasteiger partial charge in [-0.3, -0.25) is 0 Å². The summed E-state index contributed by atoms with van der Waals surface area (Å²) < 4.78 is 0. The van der Waals surface area contributed by atoms with Crippen LogP contribution in [0.1, 0.15) is 17.4 Å². The molecule has 0 saturated carbocycles. The first-order valence-corrected chi connectivity index (χ1v) is 6.35. The Labute approximate surface area is 104 Å². The van der Waals surface area contributed by atoms with Gasteiger partial charge in [0.1, 0.15) is 0 Å². The highest BCUT2D eigenvalue weighted by molar-refractivity contribution is 7.10. The van der Waals surface area contributed by atoms with Gasteiger partial charge in [-0.05, 0) is 30.0 Å². The number of rotatable bonds is 3. The van der Waals surface area contributed by atoms with Gasteiger partial charge in [0.25, 0.3) is 0 Å². The predicted molar refractivity (Wildman–Crippen MR) is 69.0 cm³/mol. The summed E-state index contributed by atoms with van der Waals surface area (Å²) in [5, 5.41) is 13.1. The molecule has 1 aromatic heterocycles. The molecule has 0 saturated heterocycles. The van der Waals surface area contributed by atoms with E-state index >= 15 is 0 Å². The number of aliphatic hydroxyl groups is 1. The molecule has 0 bridgehead atoms. The highest BCUT2D eigenvalue weighted by Gasteiger charge is 2.25. The molecule has 0 aliphatic rings. The van der Waals surface area contributed by atoms with Gasteiger partial charge in [-0.25, -0.2) is 0 Å². The fourth-order valence-electron chi connectivity index (χ4n) is 1.68. The van der Waals surface area contributed by atoms with Gasteiger partial charge in [0.05, 0.1) is 5.60 Å². The molecule has 2 rings (SSSR count). The van der Waals surface area contributed by atoms with Gasteiger partial charge in [-0.2, -0.15) is 0 Å². The van der Waals surface area contributed by atoms with Crippen LogP contribution in [0.4, 0.5) is 0 Å². The predicted octanol–water partition coefficient (Wildman–Crippen LogP) is 3.85. The molecule has 1 heterocycles. The van der Waals surface area contributed by atoms with Crippen molar-refractivity contribution in [3.8, 4) is 0 Å². The first kappa shape index (κ1) is 11.6. The number of thiophene rings is 1. The summed E-state index contributed by atoms with van der Waals surface area (Å²) in [6.07, 6.45) is 0.535. The Morgan fingerprint density at radius 1 is 1.25 bits per heavy atom. The lowest BCUT2D eigenvalue weighted by Gasteiger charge is -2.22. The molecule has 84 valence electrons. The SMILES string of the molecule is CC(O)(Cc1ccccc1Cl)c1cccs1. The van der Waals surface area contributed by atoms with Crippen LogP contribution in [0.15, 0.2) is 41.8 Å². The molecule has 1 atom stereocenters. The van der Waals surface area contributed by atoms with Crippen molar-refractivity contribution >= 4 is 22.9 Å². The third-order valence-corrected chi connectivity index (χ3v) is 4.04. The third-order valence-electron chi connectivity index (χ3n) is 2.54. The Kier molecular flexibility index (Phi) is 3.33. The Hall–Kier alpha value is -0.830. The smallest absolute Gasteiger partial charge is 0.1000 e. The summed E-state index contributed by atoms with van der Waals surface area (Å²) in [6.45, 7) is 1.82. The number of benzene rings is 1. The van der Waals surface area contributed by atoms with E-state index in [1.165, 1.54) is 0 Å². The second-order valence-electron chi connectivity index (χ2n) is 4.02. The van der Waals surface area contributed by atoms with E-state index in [4.69, 9.17) is 11.6 Å². The van der Waals surface area contributed by atoms with Gasteiger partial charge in [0, 0.05) is 16.3 Å². The van der Waals surface area contributed by atoms with E-state index in [0.717, 1.165) is 10.4 Å². The number of hydrogen-bond donors (Lipinski definition) is 1. The van der Waals surface area contributed by atoms with Crippen LogP contribution in [0.2, 0.25) is 5.02 Å². The highest BCUT2D eigenvalue weighted by Crippen LogP contribution is 2.31. The van der Waals surface area contributed by atoms with E-state index in [9.17, 15) is 5.11 Å². The molecular formula is C13H13ClOS. The maximum absolute atomic E-state index is 10.4. The average molecular weight is 253 g/mol. The molecule has 1 nitrogen and oxygen atoms in total. The summed E-state index contributed by atoms with van der Waals surface area (Å²) in [4.78, 5) is 0.965. The second kappa shape index (κ2) is 4.58. The normalized spacial score (nSPS) is 14.7. The lowest BCUT2D eigenvalue weighted by molar-refractivity contribution is 0.0615. The number of hydrogen-bond acceptors (Lipinski definition) is 2. The Bertz CT molecular complexity index is 463. The molecule has 2 aromatic rings. The highest BCUT2D eigenvalue weighted by atomic mass is 35.5. The van der Waals surface area contributed by atoms with Crippen LogP contribution in [-0.2, 0) is 12.0 Å². The molecule has 1 unspecified atom stereocenters. The third kappa shape index (κ3) is 2.46. The van der Waals surface area contributed by atoms with Crippen molar-refractivity contribution in [2.45, 2.75) is 18.9 Å². The summed E-state index contributed by atoms with van der Waals surface area (Å²) in [5.41, 5.74) is 0.127. The minimum atomic E-state index is -0.848. The summed E-state index contributed by atoms with van der Waals surface area (Å²) in [6, 6.07) is 11.5. The van der Waals surface area contributed by atoms with Crippen molar-refractivity contribution in [2.24, 2.45) is 0 Å². The van der Waals surface area contributed by atoms with Crippen molar-refractivity contribution in [3.05, 3.63) is 57.2 Å². The van der Waals surface area contributed by atoms with Crippen LogP contribution in [0, 0.1) is 0 Å². The fourth-order valence-corrected chi connectivity index (χ4v) is 2.67. The molecule has 1 aromatic carbocycles. The lowest BCUT2D eigenvalue weighted by atomic mass is 9.95. The Morgan fingerprint density at radius 3 is 2.62 bits per heavy atom. The molecule has 0 radical (unpaired) electrons. The van der Waals surface area contributed by atoms with Crippen LogP contribution < -0.4 is 0 Å². The fraction of sp³-hybridized carbons (Fsp3) is 0.231. The van der Waals surface area contributed by atoms with Crippen LogP contribution in [0.25, 0.3) is 0 Å². The van der Waals surface area contributed by atoms with Crippen molar-refractivity contribution in [3.63, 3.8) is 0 Å². The summed E-state index contributed by atoms with van der Waals surface area (Å²) in [5.74, 6) is 0. The van der Waals surface area contributed by atoms with Gasteiger partial charge in [0.15, 0.2) is 0 Å². The Morgan fingerprint density at radius 2 is 2.00 bits per heavy atom. The molecule has 16 heavy (non-hydrogen) atoms. The van der Waals surface area contributed by atoms with E-state index in [0.29, 0.717) is 11.4 Å². The zero-order valence-corrected chi connectivity index (χ0v) is 10.6. The summed E-state index contributed by atoms with van der Waals surface area (Å²) in [7, 11) is 0. The van der Waals surface area contributed by atoms with E-state index in [1.54, 1.807) is 11.3 Å². The monoisotopic (exact) mass is 252 g/mol. The summed E-state index contributed by atoms with van der Waals surface area (Å²) >= 11 is 7.65. The maximum Gasteiger partial charge on any atom is 0.1000 e. The van der Waals surface area contributed by atoms with Gasteiger partial charge in [0.2, 0.25) is 0 Å². The zero-order chi connectivity index (χ0) is 11.6. The average Bonchev–Trinajstić information content (AvgIpc) is 2.75. The van der Waals surface area contributed by atoms with Crippen LogP contribution in [-0.4, -0.2) is 5.11 Å². The Balaban J connectivity index is 2.25. The first-order valence-electron chi connectivity index (χ1n) is 5.09. The minimum Gasteiger partial charge on any atom is -0.384 e. The van der Waals surface area contributed by atoms with Gasteiger partial charge in [-0.15, -0.1) is 11.3 Å². The topological polar surface area (TPSA) is 20.2 Å². The molecule has 0 fully saturated rings. The second-order valence-corrected chi connectivity index (χ2v) is 5.37. The van der Waals surface area contributed by atoms with Crippen molar-refractivity contribution in [1.82, 2.24) is 0 Å². The molecule has 0 aliphatic heterocycles. The molecule has 3 heteroatoms. The van der Waals surface area contributed by atoms with E-state index in [-0.39, 0.29) is 0 Å². The first-order chi connectivity index (χ1) is 7.59. The molecule has 1 N–H and O–H groups in total. The van der Waals surface area contributed by atoms with E-state index in [1.807, 2.05) is 48.7 Å². The largest absolute Gasteiger partial charge is 0.384 e. The zero-order valence-electron chi connectivity index (χ0n) is 8.98.